The molecule has 12 aromatic rings. The molecule has 0 aromatic heterocycles. The van der Waals surface area contributed by atoms with E-state index in [0.29, 0.717) is 11.8 Å². The van der Waals surface area contributed by atoms with Crippen LogP contribution in [-0.4, -0.2) is 0 Å². The van der Waals surface area contributed by atoms with Crippen LogP contribution in [0.5, 0.6) is 0 Å². The molecular weight excluding hydrogens is 1000 g/mol. The Morgan fingerprint density at radius 2 is 0.675 bits per heavy atom. The van der Waals surface area contributed by atoms with Crippen LogP contribution in [-0.2, 0) is 5.41 Å². The molecule has 12 aromatic carbocycles. The van der Waals surface area contributed by atoms with Gasteiger partial charge in [-0.2, -0.15) is 0 Å². The van der Waals surface area contributed by atoms with Gasteiger partial charge in [0.05, 0.1) is 16.8 Å². The van der Waals surface area contributed by atoms with Crippen LogP contribution in [0, 0.1) is 0 Å². The SMILES string of the molecule is c1ccc(N(c2ccccc2)c2ccc3c(c2)C(c2ccc(C4CCCCC4)cc2)(c2ccc(C4CCCCC4)cc2)c2cc(N(c4ccc5cccc6c5c4-c4ccccc4-6)c4ccc5cccc6c5c4-c4ccccc4-6)ccc2-3)cc1. The largest absolute Gasteiger partial charge is 0.310 e. The molecule has 0 spiro atoms. The third kappa shape index (κ3) is 7.48. The third-order valence-electron chi connectivity index (χ3n) is 20.0. The minimum absolute atomic E-state index is 0.595. The van der Waals surface area contributed by atoms with Gasteiger partial charge in [-0.25, -0.2) is 0 Å². The van der Waals surface area contributed by atoms with E-state index < -0.39 is 5.41 Å². The summed E-state index contributed by atoms with van der Waals surface area (Å²) >= 11 is 0. The van der Waals surface area contributed by atoms with Crippen molar-refractivity contribution < 1.29 is 0 Å². The fraction of sp³-hybridized carbons (Fsp3) is 0.160. The van der Waals surface area contributed by atoms with Crippen molar-refractivity contribution >= 4 is 55.7 Å². The van der Waals surface area contributed by atoms with Crippen LogP contribution >= 0.6 is 0 Å². The van der Waals surface area contributed by atoms with Crippen molar-refractivity contribution in [1.29, 1.82) is 0 Å². The second kappa shape index (κ2) is 19.5. The van der Waals surface area contributed by atoms with Crippen molar-refractivity contribution in [2.75, 3.05) is 9.80 Å². The quantitative estimate of drug-likeness (QED) is 0.135. The Balaban J connectivity index is 0.962. The van der Waals surface area contributed by atoms with Crippen molar-refractivity contribution in [3.8, 4) is 55.6 Å². The number of hydrogen-bond donors (Lipinski definition) is 0. The van der Waals surface area contributed by atoms with Gasteiger partial charge in [0.2, 0.25) is 0 Å². The molecule has 0 atom stereocenters. The van der Waals surface area contributed by atoms with Crippen LogP contribution in [0.25, 0.3) is 77.2 Å². The minimum Gasteiger partial charge on any atom is -0.310 e. The summed E-state index contributed by atoms with van der Waals surface area (Å²) in [6.45, 7) is 0. The third-order valence-corrected chi connectivity index (χ3v) is 20.0. The van der Waals surface area contributed by atoms with E-state index in [1.165, 1.54) is 186 Å². The number of nitrogens with zero attached hydrogens (tertiary/aromatic N) is 2. The van der Waals surface area contributed by atoms with Gasteiger partial charge in [-0.3, -0.25) is 0 Å². The van der Waals surface area contributed by atoms with Crippen molar-refractivity contribution in [3.63, 3.8) is 0 Å². The van der Waals surface area contributed by atoms with Gasteiger partial charge in [-0.05, 0) is 198 Å². The molecule has 2 nitrogen and oxygen atoms in total. The summed E-state index contributed by atoms with van der Waals surface area (Å²) in [6.07, 6.45) is 13.0. The van der Waals surface area contributed by atoms with Crippen molar-refractivity contribution in [1.82, 2.24) is 0 Å². The molecule has 0 amide bonds. The maximum Gasteiger partial charge on any atom is 0.0715 e. The van der Waals surface area contributed by atoms with Gasteiger partial charge in [0.15, 0.2) is 0 Å². The van der Waals surface area contributed by atoms with Crippen molar-refractivity contribution in [3.05, 3.63) is 288 Å². The smallest absolute Gasteiger partial charge is 0.0715 e. The first kappa shape index (κ1) is 48.5. The van der Waals surface area contributed by atoms with E-state index in [9.17, 15) is 0 Å². The van der Waals surface area contributed by atoms with Gasteiger partial charge in [0.25, 0.3) is 0 Å². The van der Waals surface area contributed by atoms with E-state index in [0.717, 1.165) is 22.7 Å². The van der Waals surface area contributed by atoms with E-state index in [2.05, 4.69) is 265 Å². The van der Waals surface area contributed by atoms with Gasteiger partial charge < -0.3 is 9.80 Å². The molecule has 0 radical (unpaired) electrons. The maximum absolute atomic E-state index is 2.66. The van der Waals surface area contributed by atoms with Crippen LogP contribution in [0.4, 0.5) is 34.1 Å². The second-order valence-electron chi connectivity index (χ2n) is 24.3. The highest BCUT2D eigenvalue weighted by molar-refractivity contribution is 6.23. The summed E-state index contributed by atoms with van der Waals surface area (Å²) in [4.78, 5) is 5.11. The van der Waals surface area contributed by atoms with Gasteiger partial charge in [-0.15, -0.1) is 0 Å². The molecular formula is C81H64N2. The number of benzene rings is 12. The Morgan fingerprint density at radius 3 is 1.12 bits per heavy atom. The standard InChI is InChI=1S/C81H64N2/c1-5-19-53(20-6-1)55-35-41-59(42-36-55)81(60-43-37-56(38-44-60)54-21-7-2-8-22-54)73-51-63(82(61-25-9-3-10-26-61)62-27-11-4-12-28-62)45-47-67(73)68-48-46-64(52-74(68)81)83(75-49-39-57-23-17-33-69-65-29-13-15-31-71(65)79(75)77(57)69)76-50-40-58-24-18-34-70-66-30-14-16-32-72(66)80(76)78(58)70/h3-4,9-18,23-54H,1-2,5-8,19-22H2. The summed E-state index contributed by atoms with van der Waals surface area (Å²) in [5.74, 6) is 1.19. The minimum atomic E-state index is -0.697. The van der Waals surface area contributed by atoms with Gasteiger partial charge in [0.1, 0.15) is 0 Å². The molecule has 5 aliphatic rings. The monoisotopic (exact) mass is 1060 g/mol. The van der Waals surface area contributed by atoms with Crippen LogP contribution in [0.15, 0.2) is 255 Å². The summed E-state index contributed by atoms with van der Waals surface area (Å²) in [7, 11) is 0. The average molecular weight is 1070 g/mol. The molecule has 2 heteroatoms. The molecule has 0 heterocycles. The topological polar surface area (TPSA) is 6.48 Å². The lowest BCUT2D eigenvalue weighted by Crippen LogP contribution is -2.29. The first-order valence-electron chi connectivity index (χ1n) is 30.7. The van der Waals surface area contributed by atoms with E-state index >= 15 is 0 Å². The molecule has 398 valence electrons. The summed E-state index contributed by atoms with van der Waals surface area (Å²) in [5.41, 5.74) is 27.3. The van der Waals surface area contributed by atoms with Crippen molar-refractivity contribution in [2.24, 2.45) is 0 Å². The van der Waals surface area contributed by atoms with Crippen LogP contribution in [0.1, 0.15) is 109 Å². The maximum atomic E-state index is 2.66. The van der Waals surface area contributed by atoms with Crippen LogP contribution < -0.4 is 9.80 Å². The highest BCUT2D eigenvalue weighted by atomic mass is 15.2. The molecule has 2 fully saturated rings. The predicted octanol–water partition coefficient (Wildman–Crippen LogP) is 22.7. The Hall–Kier alpha value is -9.24. The molecule has 2 saturated carbocycles. The molecule has 0 saturated heterocycles. The van der Waals surface area contributed by atoms with Crippen molar-refractivity contribution in [2.45, 2.75) is 81.5 Å². The Bertz CT molecular complexity index is 4270. The zero-order valence-electron chi connectivity index (χ0n) is 46.9. The van der Waals surface area contributed by atoms with E-state index in [1.54, 1.807) is 0 Å². The Kier molecular flexibility index (Phi) is 11.4. The zero-order chi connectivity index (χ0) is 54.6. The lowest BCUT2D eigenvalue weighted by atomic mass is 9.67. The first-order chi connectivity index (χ1) is 41.2. The predicted molar refractivity (Wildman–Crippen MR) is 349 cm³/mol. The molecule has 0 N–H and O–H groups in total. The first-order valence-corrected chi connectivity index (χ1v) is 30.7. The Morgan fingerprint density at radius 1 is 0.277 bits per heavy atom. The number of anilines is 6. The van der Waals surface area contributed by atoms with Crippen LogP contribution in [0.3, 0.4) is 0 Å². The number of rotatable bonds is 10. The average Bonchev–Trinajstić information content (AvgIpc) is 2.09. The highest BCUT2D eigenvalue weighted by Crippen LogP contribution is 2.62. The second-order valence-corrected chi connectivity index (χ2v) is 24.3. The fourth-order valence-electron chi connectivity index (χ4n) is 16.2. The highest BCUT2D eigenvalue weighted by Gasteiger charge is 2.48. The number of para-hydroxylation sites is 2. The molecule has 5 aliphatic carbocycles. The van der Waals surface area contributed by atoms with Gasteiger partial charge in [0, 0.05) is 33.9 Å². The lowest BCUT2D eigenvalue weighted by molar-refractivity contribution is 0.443. The van der Waals surface area contributed by atoms with Gasteiger partial charge in [-0.1, -0.05) is 233 Å². The number of hydrogen-bond acceptors (Lipinski definition) is 2. The molecule has 83 heavy (non-hydrogen) atoms. The molecule has 17 rings (SSSR count). The zero-order valence-corrected chi connectivity index (χ0v) is 46.9. The van der Waals surface area contributed by atoms with E-state index in [1.807, 2.05) is 0 Å². The molecule has 0 bridgehead atoms. The van der Waals surface area contributed by atoms with Gasteiger partial charge >= 0.3 is 0 Å². The summed E-state index contributed by atoms with van der Waals surface area (Å²) in [5, 5.41) is 5.17. The van der Waals surface area contributed by atoms with E-state index in [4.69, 9.17) is 0 Å². The van der Waals surface area contributed by atoms with E-state index in [-0.39, 0.29) is 0 Å². The lowest BCUT2D eigenvalue weighted by Gasteiger charge is -2.36. The fourth-order valence-corrected chi connectivity index (χ4v) is 16.2. The molecule has 0 unspecified atom stereocenters. The summed E-state index contributed by atoms with van der Waals surface area (Å²) in [6, 6.07) is 98.5. The summed E-state index contributed by atoms with van der Waals surface area (Å²) < 4.78 is 0. The number of fused-ring (bicyclic) bond motifs is 9. The Labute approximate surface area is 488 Å². The van der Waals surface area contributed by atoms with Crippen LogP contribution in [0.2, 0.25) is 0 Å². The normalized spacial score (nSPS) is 15.5. The molecule has 0 aliphatic heterocycles.